The Kier molecular flexibility index (Phi) is 6.19. The number of hydrogen-bond acceptors (Lipinski definition) is 6. The molecule has 1 aliphatic heterocycles. The lowest BCUT2D eigenvalue weighted by molar-refractivity contribution is -0.385. The van der Waals surface area contributed by atoms with E-state index in [1.54, 1.807) is 0 Å². The highest BCUT2D eigenvalue weighted by atomic mass is 32.2. The van der Waals surface area contributed by atoms with E-state index in [4.69, 9.17) is 0 Å². The molecule has 160 valence electrons. The predicted octanol–water partition coefficient (Wildman–Crippen LogP) is 2.21. The number of sulfonamides is 1. The van der Waals surface area contributed by atoms with Crippen molar-refractivity contribution in [3.05, 3.63) is 34.4 Å². The number of nitrogens with one attached hydrogen (secondary N) is 1. The van der Waals surface area contributed by atoms with Crippen LogP contribution in [-0.4, -0.2) is 67.9 Å². The normalized spacial score (nSPS) is 27.0. The molecular formula is C20H30N4O4S. The number of non-ortho nitro benzene ring substituents is 1. The molecule has 1 heterocycles. The van der Waals surface area contributed by atoms with Gasteiger partial charge in [0.15, 0.2) is 0 Å². The van der Waals surface area contributed by atoms with Gasteiger partial charge in [0, 0.05) is 56.9 Å². The minimum absolute atomic E-state index is 0.0411. The summed E-state index contributed by atoms with van der Waals surface area (Å²) in [6.07, 6.45) is 6.39. The van der Waals surface area contributed by atoms with Crippen molar-refractivity contribution in [2.45, 2.75) is 55.5 Å². The molecule has 1 aromatic rings. The Bertz CT molecular complexity index is 827. The second-order valence-corrected chi connectivity index (χ2v) is 10.4. The van der Waals surface area contributed by atoms with Crippen LogP contribution >= 0.6 is 0 Å². The van der Waals surface area contributed by atoms with Crippen molar-refractivity contribution in [3.63, 3.8) is 0 Å². The number of rotatable bonds is 7. The van der Waals surface area contributed by atoms with Gasteiger partial charge in [-0.2, -0.15) is 0 Å². The standard InChI is InChI=1S/C20H30N4O4S/c25-24(26)19-2-1-3-20(14-19)29(27,28)21-17-6-8-18(9-7-17)23-12-10-22(11-13-23)15-16-4-5-16/h1-3,14,16-18,21H,4-13,15H2. The first-order chi connectivity index (χ1) is 13.9. The largest absolute Gasteiger partial charge is 0.301 e. The quantitative estimate of drug-likeness (QED) is 0.535. The smallest absolute Gasteiger partial charge is 0.270 e. The van der Waals surface area contributed by atoms with Crippen molar-refractivity contribution in [3.8, 4) is 0 Å². The molecule has 0 amide bonds. The van der Waals surface area contributed by atoms with Crippen molar-refractivity contribution < 1.29 is 13.3 Å². The summed E-state index contributed by atoms with van der Waals surface area (Å²) in [4.78, 5) is 15.5. The van der Waals surface area contributed by atoms with Crippen molar-refractivity contribution >= 4 is 15.7 Å². The zero-order valence-electron chi connectivity index (χ0n) is 16.7. The van der Waals surface area contributed by atoms with Crippen LogP contribution in [-0.2, 0) is 10.0 Å². The van der Waals surface area contributed by atoms with E-state index in [9.17, 15) is 18.5 Å². The molecule has 0 aromatic heterocycles. The van der Waals surface area contributed by atoms with E-state index >= 15 is 0 Å². The Morgan fingerprint density at radius 3 is 2.34 bits per heavy atom. The van der Waals surface area contributed by atoms with E-state index in [0.29, 0.717) is 6.04 Å². The molecule has 9 heteroatoms. The summed E-state index contributed by atoms with van der Waals surface area (Å²) in [6.45, 7) is 5.79. The van der Waals surface area contributed by atoms with Crippen LogP contribution in [0.1, 0.15) is 38.5 Å². The lowest BCUT2D eigenvalue weighted by atomic mass is 9.90. The molecule has 0 radical (unpaired) electrons. The minimum atomic E-state index is -3.75. The zero-order valence-corrected chi connectivity index (χ0v) is 17.5. The number of nitrogens with zero attached hydrogens (tertiary/aromatic N) is 3. The predicted molar refractivity (Wildman–Crippen MR) is 110 cm³/mol. The average Bonchev–Trinajstić information content (AvgIpc) is 3.53. The summed E-state index contributed by atoms with van der Waals surface area (Å²) < 4.78 is 28.0. The summed E-state index contributed by atoms with van der Waals surface area (Å²) in [5, 5.41) is 10.9. The van der Waals surface area contributed by atoms with Gasteiger partial charge in [-0.3, -0.25) is 15.0 Å². The molecule has 0 spiro atoms. The van der Waals surface area contributed by atoms with Crippen LogP contribution in [0.2, 0.25) is 0 Å². The Balaban J connectivity index is 1.26. The SMILES string of the molecule is O=[N+]([O-])c1cccc(S(=O)(=O)NC2CCC(N3CCN(CC4CC4)CC3)CC2)c1. The van der Waals surface area contributed by atoms with Gasteiger partial charge in [0.25, 0.3) is 5.69 Å². The highest BCUT2D eigenvalue weighted by Gasteiger charge is 2.32. The number of hydrogen-bond donors (Lipinski definition) is 1. The molecule has 0 bridgehead atoms. The third-order valence-electron chi connectivity index (χ3n) is 6.49. The van der Waals surface area contributed by atoms with Gasteiger partial charge in [-0.05, 0) is 50.5 Å². The van der Waals surface area contributed by atoms with Crippen molar-refractivity contribution in [1.29, 1.82) is 0 Å². The molecule has 1 N–H and O–H groups in total. The fourth-order valence-electron chi connectivity index (χ4n) is 4.59. The maximum absolute atomic E-state index is 12.6. The van der Waals surface area contributed by atoms with Crippen molar-refractivity contribution in [1.82, 2.24) is 14.5 Å². The summed E-state index contributed by atoms with van der Waals surface area (Å²) in [5.74, 6) is 0.941. The van der Waals surface area contributed by atoms with E-state index in [1.165, 1.54) is 37.6 Å². The van der Waals surface area contributed by atoms with Crippen LogP contribution in [0.5, 0.6) is 0 Å². The Labute approximate surface area is 172 Å². The molecular weight excluding hydrogens is 392 g/mol. The average molecular weight is 423 g/mol. The lowest BCUT2D eigenvalue weighted by Crippen LogP contribution is -2.52. The third kappa shape index (κ3) is 5.33. The molecule has 0 unspecified atom stereocenters. The van der Waals surface area contributed by atoms with Gasteiger partial charge in [-0.1, -0.05) is 6.07 Å². The maximum Gasteiger partial charge on any atom is 0.270 e. The number of benzene rings is 1. The van der Waals surface area contributed by atoms with Crippen LogP contribution in [0.4, 0.5) is 5.69 Å². The summed E-state index contributed by atoms with van der Waals surface area (Å²) in [6, 6.07) is 5.67. The van der Waals surface area contributed by atoms with Gasteiger partial charge in [0.2, 0.25) is 10.0 Å². The highest BCUT2D eigenvalue weighted by molar-refractivity contribution is 7.89. The fourth-order valence-corrected chi connectivity index (χ4v) is 5.93. The van der Waals surface area contributed by atoms with Gasteiger partial charge < -0.3 is 4.90 Å². The second-order valence-electron chi connectivity index (χ2n) is 8.66. The highest BCUT2D eigenvalue weighted by Crippen LogP contribution is 2.31. The maximum atomic E-state index is 12.6. The van der Waals surface area contributed by atoms with E-state index in [2.05, 4.69) is 14.5 Å². The Morgan fingerprint density at radius 2 is 1.72 bits per heavy atom. The van der Waals surface area contributed by atoms with E-state index in [-0.39, 0.29) is 16.6 Å². The fraction of sp³-hybridized carbons (Fsp3) is 0.700. The van der Waals surface area contributed by atoms with Crippen LogP contribution < -0.4 is 4.72 Å². The second kappa shape index (κ2) is 8.67. The van der Waals surface area contributed by atoms with Crippen LogP contribution in [0.15, 0.2) is 29.2 Å². The number of piperazine rings is 1. The first-order valence-corrected chi connectivity index (χ1v) is 12.1. The topological polar surface area (TPSA) is 95.8 Å². The van der Waals surface area contributed by atoms with Gasteiger partial charge in [0.05, 0.1) is 9.82 Å². The monoisotopic (exact) mass is 422 g/mol. The van der Waals surface area contributed by atoms with Crippen LogP contribution in [0, 0.1) is 16.0 Å². The Hall–Kier alpha value is -1.55. The van der Waals surface area contributed by atoms with E-state index in [1.807, 2.05) is 0 Å². The van der Waals surface area contributed by atoms with Gasteiger partial charge in [0.1, 0.15) is 0 Å². The van der Waals surface area contributed by atoms with E-state index in [0.717, 1.165) is 63.8 Å². The molecule has 1 aromatic carbocycles. The molecule has 4 rings (SSSR count). The lowest BCUT2D eigenvalue weighted by Gasteiger charge is -2.42. The zero-order chi connectivity index (χ0) is 20.4. The molecule has 3 fully saturated rings. The van der Waals surface area contributed by atoms with Crippen molar-refractivity contribution in [2.24, 2.45) is 5.92 Å². The first kappa shape index (κ1) is 20.7. The molecule has 29 heavy (non-hydrogen) atoms. The first-order valence-electron chi connectivity index (χ1n) is 10.6. The Morgan fingerprint density at radius 1 is 1.03 bits per heavy atom. The molecule has 8 nitrogen and oxygen atoms in total. The van der Waals surface area contributed by atoms with Gasteiger partial charge >= 0.3 is 0 Å². The number of nitro groups is 1. The number of nitro benzene ring substituents is 1. The van der Waals surface area contributed by atoms with E-state index < -0.39 is 14.9 Å². The molecule has 3 aliphatic rings. The van der Waals surface area contributed by atoms with Crippen LogP contribution in [0.3, 0.4) is 0 Å². The van der Waals surface area contributed by atoms with Gasteiger partial charge in [-0.25, -0.2) is 13.1 Å². The molecule has 2 saturated carbocycles. The third-order valence-corrected chi connectivity index (χ3v) is 8.01. The summed E-state index contributed by atoms with van der Waals surface area (Å²) in [5.41, 5.74) is -0.211. The summed E-state index contributed by atoms with van der Waals surface area (Å²) in [7, 11) is -3.75. The van der Waals surface area contributed by atoms with Gasteiger partial charge in [-0.15, -0.1) is 0 Å². The van der Waals surface area contributed by atoms with Crippen molar-refractivity contribution in [2.75, 3.05) is 32.7 Å². The van der Waals surface area contributed by atoms with Crippen LogP contribution in [0.25, 0.3) is 0 Å². The summed E-state index contributed by atoms with van der Waals surface area (Å²) >= 11 is 0. The molecule has 1 saturated heterocycles. The molecule has 2 aliphatic carbocycles. The minimum Gasteiger partial charge on any atom is -0.301 e. The molecule has 0 atom stereocenters.